The van der Waals surface area contributed by atoms with Crippen LogP contribution in [0.2, 0.25) is 10.0 Å². The van der Waals surface area contributed by atoms with Crippen LogP contribution in [0.25, 0.3) is 0 Å². The minimum Gasteiger partial charge on any atom is -0.357 e. The van der Waals surface area contributed by atoms with Crippen LogP contribution in [-0.2, 0) is 26.2 Å². The smallest absolute Gasteiger partial charge is 0.264 e. The summed E-state index contributed by atoms with van der Waals surface area (Å²) in [6, 6.07) is 17.0. The number of hydrogen-bond acceptors (Lipinski definition) is 4. The van der Waals surface area contributed by atoms with Crippen LogP contribution in [0, 0.1) is 6.92 Å². The predicted molar refractivity (Wildman–Crippen MR) is 150 cm³/mol. The number of halogens is 3. The quantitative estimate of drug-likeness (QED) is 0.344. The van der Waals surface area contributed by atoms with Crippen molar-refractivity contribution < 1.29 is 18.0 Å². The Hall–Kier alpha value is -2.59. The van der Waals surface area contributed by atoms with Crippen LogP contribution < -0.4 is 9.62 Å². The fourth-order valence-electron chi connectivity index (χ4n) is 3.64. The molecule has 0 aliphatic carbocycles. The molecule has 11 heteroatoms. The van der Waals surface area contributed by atoms with Crippen molar-refractivity contribution in [1.82, 2.24) is 10.2 Å². The van der Waals surface area contributed by atoms with Gasteiger partial charge in [0.25, 0.3) is 10.0 Å². The van der Waals surface area contributed by atoms with E-state index >= 15 is 0 Å². The lowest BCUT2D eigenvalue weighted by atomic mass is 10.1. The van der Waals surface area contributed by atoms with Gasteiger partial charge in [0.1, 0.15) is 12.6 Å². The van der Waals surface area contributed by atoms with Gasteiger partial charge in [0.2, 0.25) is 11.8 Å². The second-order valence-electron chi connectivity index (χ2n) is 8.32. The van der Waals surface area contributed by atoms with Gasteiger partial charge in [-0.25, -0.2) is 8.42 Å². The number of carbonyl (C=O) groups excluding carboxylic acids is 2. The van der Waals surface area contributed by atoms with Gasteiger partial charge in [0, 0.05) is 33.7 Å². The van der Waals surface area contributed by atoms with E-state index in [4.69, 9.17) is 23.2 Å². The van der Waals surface area contributed by atoms with Crippen molar-refractivity contribution >= 4 is 66.7 Å². The van der Waals surface area contributed by atoms with Gasteiger partial charge < -0.3 is 10.2 Å². The molecule has 0 radical (unpaired) electrons. The van der Waals surface area contributed by atoms with Crippen LogP contribution in [0.1, 0.15) is 18.1 Å². The molecule has 3 aromatic rings. The highest BCUT2D eigenvalue weighted by Gasteiger charge is 2.33. The first-order valence-electron chi connectivity index (χ1n) is 11.2. The molecule has 2 amide bonds. The van der Waals surface area contributed by atoms with Crippen molar-refractivity contribution in [2.24, 2.45) is 0 Å². The van der Waals surface area contributed by atoms with Gasteiger partial charge in [0.15, 0.2) is 0 Å². The first kappa shape index (κ1) is 29.0. The molecule has 0 aromatic heterocycles. The maximum atomic E-state index is 13.8. The van der Waals surface area contributed by atoms with Gasteiger partial charge in [-0.3, -0.25) is 13.9 Å². The summed E-state index contributed by atoms with van der Waals surface area (Å²) in [4.78, 5) is 27.6. The van der Waals surface area contributed by atoms with Crippen molar-refractivity contribution in [3.63, 3.8) is 0 Å². The van der Waals surface area contributed by atoms with Gasteiger partial charge in [-0.05, 0) is 56.3 Å². The van der Waals surface area contributed by atoms with E-state index < -0.39 is 34.4 Å². The van der Waals surface area contributed by atoms with E-state index in [-0.39, 0.29) is 17.1 Å². The van der Waals surface area contributed by atoms with E-state index in [0.717, 1.165) is 9.87 Å². The summed E-state index contributed by atoms with van der Waals surface area (Å²) in [6.45, 7) is 2.75. The average Bonchev–Trinajstić information content (AvgIpc) is 2.86. The Balaban J connectivity index is 2.07. The number of aryl methyl sites for hydroxylation is 1. The fourth-order valence-corrected chi connectivity index (χ4v) is 5.95. The van der Waals surface area contributed by atoms with Gasteiger partial charge in [-0.1, -0.05) is 69.0 Å². The standard InChI is InChI=1S/C26H26BrCl2N3O4S/c1-17-10-12-21(13-11-17)37(35,36)32(20-7-4-6-19(27)14-20)16-25(33)31(18(2)26(34)30-3)15-22-23(28)8-5-9-24(22)29/h4-14,18H,15-16H2,1-3H3,(H,30,34). The molecule has 196 valence electrons. The molecule has 7 nitrogen and oxygen atoms in total. The zero-order valence-electron chi connectivity index (χ0n) is 20.4. The number of amides is 2. The zero-order valence-corrected chi connectivity index (χ0v) is 24.3. The number of hydrogen-bond donors (Lipinski definition) is 1. The monoisotopic (exact) mass is 625 g/mol. The van der Waals surface area contributed by atoms with E-state index in [2.05, 4.69) is 21.2 Å². The first-order valence-corrected chi connectivity index (χ1v) is 14.2. The van der Waals surface area contributed by atoms with Crippen molar-refractivity contribution in [3.8, 4) is 0 Å². The second-order valence-corrected chi connectivity index (χ2v) is 11.9. The van der Waals surface area contributed by atoms with E-state index in [1.807, 2.05) is 6.92 Å². The highest BCUT2D eigenvalue weighted by molar-refractivity contribution is 9.10. The van der Waals surface area contributed by atoms with E-state index in [9.17, 15) is 18.0 Å². The molecule has 1 unspecified atom stereocenters. The molecule has 37 heavy (non-hydrogen) atoms. The summed E-state index contributed by atoms with van der Waals surface area (Å²) in [5, 5.41) is 3.18. The molecule has 0 spiro atoms. The maximum absolute atomic E-state index is 13.8. The molecule has 0 fully saturated rings. The Morgan fingerprint density at radius 2 is 1.59 bits per heavy atom. The highest BCUT2D eigenvalue weighted by Crippen LogP contribution is 2.29. The summed E-state index contributed by atoms with van der Waals surface area (Å²) >= 11 is 16.1. The Kier molecular flexibility index (Phi) is 9.63. The molecule has 3 aromatic carbocycles. The normalized spacial score (nSPS) is 12.1. The van der Waals surface area contributed by atoms with Crippen LogP contribution in [0.3, 0.4) is 0 Å². The summed E-state index contributed by atoms with van der Waals surface area (Å²) in [5.41, 5.74) is 1.63. The molecule has 0 saturated carbocycles. The van der Waals surface area contributed by atoms with Crippen LogP contribution in [0.4, 0.5) is 5.69 Å². The minimum atomic E-state index is -4.14. The zero-order chi connectivity index (χ0) is 27.3. The fraction of sp³-hybridized carbons (Fsp3) is 0.231. The number of sulfonamides is 1. The van der Waals surface area contributed by atoms with E-state index in [1.165, 1.54) is 24.1 Å². The van der Waals surface area contributed by atoms with Crippen molar-refractivity contribution in [1.29, 1.82) is 0 Å². The number of rotatable bonds is 9. The van der Waals surface area contributed by atoms with Crippen LogP contribution in [0.5, 0.6) is 0 Å². The summed E-state index contributed by atoms with van der Waals surface area (Å²) in [6.07, 6.45) is 0. The SMILES string of the molecule is CNC(=O)C(C)N(Cc1c(Cl)cccc1Cl)C(=O)CN(c1cccc(Br)c1)S(=O)(=O)c1ccc(C)cc1. The number of anilines is 1. The minimum absolute atomic E-state index is 0.0333. The molecule has 1 atom stereocenters. The van der Waals surface area contributed by atoms with Crippen molar-refractivity contribution in [2.75, 3.05) is 17.9 Å². The Morgan fingerprint density at radius 3 is 2.16 bits per heavy atom. The van der Waals surface area contributed by atoms with Gasteiger partial charge in [-0.2, -0.15) is 0 Å². The van der Waals surface area contributed by atoms with Gasteiger partial charge in [-0.15, -0.1) is 0 Å². The van der Waals surface area contributed by atoms with Crippen LogP contribution in [-0.4, -0.2) is 44.8 Å². The molecule has 1 N–H and O–H groups in total. The van der Waals surface area contributed by atoms with Crippen LogP contribution in [0.15, 0.2) is 76.1 Å². The topological polar surface area (TPSA) is 86.8 Å². The number of benzene rings is 3. The number of likely N-dealkylation sites (N-methyl/N-ethyl adjacent to an activating group) is 1. The third-order valence-corrected chi connectivity index (χ3v) is 8.78. The number of carbonyl (C=O) groups is 2. The summed E-state index contributed by atoms with van der Waals surface area (Å²) in [5.74, 6) is -1.03. The lowest BCUT2D eigenvalue weighted by Crippen LogP contribution is -2.50. The highest BCUT2D eigenvalue weighted by atomic mass is 79.9. The number of nitrogens with one attached hydrogen (secondary N) is 1. The lowest BCUT2D eigenvalue weighted by molar-refractivity contribution is -0.139. The third-order valence-electron chi connectivity index (χ3n) is 5.79. The largest absolute Gasteiger partial charge is 0.357 e. The average molecular weight is 627 g/mol. The van der Waals surface area contributed by atoms with Crippen LogP contribution >= 0.6 is 39.1 Å². The molecule has 0 bridgehead atoms. The molecule has 0 aliphatic heterocycles. The van der Waals surface area contributed by atoms with E-state index in [1.54, 1.807) is 61.5 Å². The maximum Gasteiger partial charge on any atom is 0.264 e. The Morgan fingerprint density at radius 1 is 1.00 bits per heavy atom. The van der Waals surface area contributed by atoms with E-state index in [0.29, 0.717) is 20.1 Å². The predicted octanol–water partition coefficient (Wildman–Crippen LogP) is 5.42. The molecule has 0 saturated heterocycles. The Bertz CT molecular complexity index is 1380. The molecule has 0 heterocycles. The third kappa shape index (κ3) is 6.84. The van der Waals surface area contributed by atoms with Gasteiger partial charge in [0.05, 0.1) is 10.6 Å². The molecule has 3 rings (SSSR count). The second kappa shape index (κ2) is 12.3. The Labute approximate surface area is 235 Å². The van der Waals surface area contributed by atoms with Gasteiger partial charge >= 0.3 is 0 Å². The van der Waals surface area contributed by atoms with Crippen molar-refractivity contribution in [2.45, 2.75) is 31.3 Å². The number of nitrogens with zero attached hydrogens (tertiary/aromatic N) is 2. The summed E-state index contributed by atoms with van der Waals surface area (Å²) in [7, 11) is -2.69. The van der Waals surface area contributed by atoms with Crippen molar-refractivity contribution in [3.05, 3.63) is 92.4 Å². The lowest BCUT2D eigenvalue weighted by Gasteiger charge is -2.32. The summed E-state index contributed by atoms with van der Waals surface area (Å²) < 4.78 is 29.2. The molecular formula is C26H26BrCl2N3O4S. The molecular weight excluding hydrogens is 601 g/mol. The first-order chi connectivity index (χ1) is 17.4. The molecule has 0 aliphatic rings.